The number of unbranched alkanes of at least 4 members (excludes halogenated alkanes) is 1. The maximum Gasteiger partial charge on any atom is 0.243 e. The average molecular weight is 447 g/mol. The second-order valence-electron chi connectivity index (χ2n) is 5.48. The number of hydrogen-bond acceptors (Lipinski definition) is 5. The van der Waals surface area contributed by atoms with E-state index in [1.807, 2.05) is 26.0 Å². The van der Waals surface area contributed by atoms with Crippen LogP contribution in [0, 0.1) is 0 Å². The molecule has 1 aromatic heterocycles. The molecule has 0 spiro atoms. The molecule has 0 aliphatic rings. The quantitative estimate of drug-likeness (QED) is 0.650. The van der Waals surface area contributed by atoms with Crippen molar-refractivity contribution in [3.05, 3.63) is 26.6 Å². The summed E-state index contributed by atoms with van der Waals surface area (Å²) in [6, 6.07) is 4.02. The molecule has 1 N–H and O–H groups in total. The van der Waals surface area contributed by atoms with Crippen molar-refractivity contribution in [2.45, 2.75) is 52.8 Å². The van der Waals surface area contributed by atoms with E-state index in [0.29, 0.717) is 12.5 Å². The van der Waals surface area contributed by atoms with Gasteiger partial charge in [0.1, 0.15) is 5.75 Å². The van der Waals surface area contributed by atoms with Crippen molar-refractivity contribution in [2.24, 2.45) is 0 Å². The van der Waals surface area contributed by atoms with Crippen LogP contribution in [0.25, 0.3) is 0 Å². The third kappa shape index (κ3) is 5.17. The first-order valence-corrected chi connectivity index (χ1v) is 9.24. The molecular weight excluding hydrogens is 426 g/mol. The number of hydrogen-bond donors (Lipinski definition) is 1. The van der Waals surface area contributed by atoms with Gasteiger partial charge in [-0.15, -0.1) is 0 Å². The Morgan fingerprint density at radius 3 is 2.78 bits per heavy atom. The van der Waals surface area contributed by atoms with Crippen LogP contribution in [0.4, 0.5) is 5.95 Å². The van der Waals surface area contributed by atoms with E-state index in [2.05, 4.69) is 59.6 Å². The lowest BCUT2D eigenvalue weighted by atomic mass is 10.2. The Kier molecular flexibility index (Phi) is 6.83. The lowest BCUT2D eigenvalue weighted by Crippen LogP contribution is -2.12. The predicted molar refractivity (Wildman–Crippen MR) is 97.7 cm³/mol. The van der Waals surface area contributed by atoms with Gasteiger partial charge in [0.2, 0.25) is 5.95 Å². The Morgan fingerprint density at radius 2 is 2.09 bits per heavy atom. The van der Waals surface area contributed by atoms with E-state index in [1.165, 1.54) is 0 Å². The van der Waals surface area contributed by atoms with E-state index < -0.39 is 0 Å². The summed E-state index contributed by atoms with van der Waals surface area (Å²) in [4.78, 5) is 0. The summed E-state index contributed by atoms with van der Waals surface area (Å²) >= 11 is 7.09. The number of ether oxygens (including phenoxy) is 1. The SMILES string of the molecule is CCCCn1nnnc1NCc1cc(Br)cc(Br)c1OC(C)C. The van der Waals surface area contributed by atoms with E-state index >= 15 is 0 Å². The summed E-state index contributed by atoms with van der Waals surface area (Å²) in [5.41, 5.74) is 1.03. The molecule has 0 unspecified atom stereocenters. The van der Waals surface area contributed by atoms with Crippen LogP contribution in [-0.4, -0.2) is 26.3 Å². The maximum absolute atomic E-state index is 5.93. The Balaban J connectivity index is 2.15. The second kappa shape index (κ2) is 8.63. The molecule has 0 saturated carbocycles. The van der Waals surface area contributed by atoms with Gasteiger partial charge in [-0.1, -0.05) is 34.4 Å². The highest BCUT2D eigenvalue weighted by molar-refractivity contribution is 9.11. The van der Waals surface area contributed by atoms with Crippen molar-refractivity contribution in [1.29, 1.82) is 0 Å². The van der Waals surface area contributed by atoms with Gasteiger partial charge in [-0.2, -0.15) is 0 Å². The lowest BCUT2D eigenvalue weighted by Gasteiger charge is -2.17. The minimum Gasteiger partial charge on any atom is -0.489 e. The van der Waals surface area contributed by atoms with Crippen molar-refractivity contribution >= 4 is 37.8 Å². The Hall–Kier alpha value is -1.15. The third-order valence-electron chi connectivity index (χ3n) is 3.13. The highest BCUT2D eigenvalue weighted by Crippen LogP contribution is 2.34. The van der Waals surface area contributed by atoms with E-state index in [1.54, 1.807) is 4.68 Å². The minimum absolute atomic E-state index is 0.0982. The smallest absolute Gasteiger partial charge is 0.243 e. The third-order valence-corrected chi connectivity index (χ3v) is 4.18. The molecular formula is C15H21Br2N5O. The van der Waals surface area contributed by atoms with Gasteiger partial charge in [-0.05, 0) is 58.8 Å². The Morgan fingerprint density at radius 1 is 1.30 bits per heavy atom. The van der Waals surface area contributed by atoms with Crippen LogP contribution in [0.3, 0.4) is 0 Å². The molecule has 23 heavy (non-hydrogen) atoms. The van der Waals surface area contributed by atoms with E-state index in [9.17, 15) is 0 Å². The summed E-state index contributed by atoms with van der Waals surface area (Å²) < 4.78 is 9.63. The van der Waals surface area contributed by atoms with Gasteiger partial charge < -0.3 is 10.1 Å². The maximum atomic E-state index is 5.93. The molecule has 0 saturated heterocycles. The average Bonchev–Trinajstić information content (AvgIpc) is 2.93. The first-order chi connectivity index (χ1) is 11.0. The van der Waals surface area contributed by atoms with E-state index in [4.69, 9.17) is 4.74 Å². The zero-order chi connectivity index (χ0) is 16.8. The molecule has 1 aromatic carbocycles. The Bertz CT molecular complexity index is 645. The molecule has 126 valence electrons. The Labute approximate surface area is 153 Å². The number of nitrogens with zero attached hydrogens (tertiary/aromatic N) is 4. The number of nitrogens with one attached hydrogen (secondary N) is 1. The zero-order valence-electron chi connectivity index (χ0n) is 13.5. The van der Waals surface area contributed by atoms with Gasteiger partial charge in [0.25, 0.3) is 0 Å². The van der Waals surface area contributed by atoms with Gasteiger partial charge >= 0.3 is 0 Å². The molecule has 0 aliphatic carbocycles. The molecule has 0 bridgehead atoms. The number of anilines is 1. The van der Waals surface area contributed by atoms with Gasteiger partial charge in [-0.3, -0.25) is 0 Å². The summed E-state index contributed by atoms with van der Waals surface area (Å²) in [5, 5.41) is 15.1. The van der Waals surface area contributed by atoms with Crippen LogP contribution in [0.15, 0.2) is 21.1 Å². The molecule has 2 rings (SSSR count). The standard InChI is InChI=1S/C15H21Br2N5O/c1-4-5-6-22-15(19-20-21-22)18-9-11-7-12(16)8-13(17)14(11)23-10(2)3/h7-8,10H,4-6,9H2,1-3H3,(H,18,19,21). The molecule has 1 heterocycles. The van der Waals surface area contributed by atoms with Gasteiger partial charge in [0.05, 0.1) is 10.6 Å². The number of tetrazole rings is 1. The normalized spacial score (nSPS) is 11.0. The fraction of sp³-hybridized carbons (Fsp3) is 0.533. The van der Waals surface area contributed by atoms with Crippen molar-refractivity contribution < 1.29 is 4.74 Å². The van der Waals surface area contributed by atoms with Crippen molar-refractivity contribution in [3.8, 4) is 5.75 Å². The minimum atomic E-state index is 0.0982. The van der Waals surface area contributed by atoms with Gasteiger partial charge in [-0.25, -0.2) is 4.68 Å². The van der Waals surface area contributed by atoms with Crippen LogP contribution >= 0.6 is 31.9 Å². The van der Waals surface area contributed by atoms with Crippen molar-refractivity contribution in [2.75, 3.05) is 5.32 Å². The summed E-state index contributed by atoms with van der Waals surface area (Å²) in [7, 11) is 0. The number of halogens is 2. The highest BCUT2D eigenvalue weighted by Gasteiger charge is 2.13. The first kappa shape index (κ1) is 18.2. The predicted octanol–water partition coefficient (Wildman–Crippen LogP) is 4.40. The van der Waals surface area contributed by atoms with Gasteiger partial charge in [0, 0.05) is 23.1 Å². The topological polar surface area (TPSA) is 64.9 Å². The van der Waals surface area contributed by atoms with Crippen molar-refractivity contribution in [1.82, 2.24) is 20.2 Å². The van der Waals surface area contributed by atoms with Crippen LogP contribution in [0.1, 0.15) is 39.2 Å². The molecule has 2 aromatic rings. The first-order valence-electron chi connectivity index (χ1n) is 7.65. The zero-order valence-corrected chi connectivity index (χ0v) is 16.7. The largest absolute Gasteiger partial charge is 0.489 e. The van der Waals surface area contributed by atoms with Crippen molar-refractivity contribution in [3.63, 3.8) is 0 Å². The molecule has 0 fully saturated rings. The summed E-state index contributed by atoms with van der Waals surface area (Å²) in [6.07, 6.45) is 2.25. The molecule has 0 atom stereocenters. The van der Waals surface area contributed by atoms with Crippen LogP contribution < -0.4 is 10.1 Å². The van der Waals surface area contributed by atoms with Gasteiger partial charge in [0.15, 0.2) is 0 Å². The van der Waals surface area contributed by atoms with Crippen LogP contribution in [0.2, 0.25) is 0 Å². The fourth-order valence-electron chi connectivity index (χ4n) is 2.08. The summed E-state index contributed by atoms with van der Waals surface area (Å²) in [6.45, 7) is 7.55. The number of aryl methyl sites for hydroxylation is 1. The molecule has 6 nitrogen and oxygen atoms in total. The molecule has 0 amide bonds. The number of aromatic nitrogens is 4. The van der Waals surface area contributed by atoms with Crippen LogP contribution in [0.5, 0.6) is 5.75 Å². The monoisotopic (exact) mass is 445 g/mol. The number of rotatable bonds is 8. The van der Waals surface area contributed by atoms with Crippen LogP contribution in [-0.2, 0) is 13.1 Å². The number of benzene rings is 1. The van der Waals surface area contributed by atoms with E-state index in [-0.39, 0.29) is 6.10 Å². The highest BCUT2D eigenvalue weighted by atomic mass is 79.9. The van der Waals surface area contributed by atoms with E-state index in [0.717, 1.165) is 39.6 Å². The molecule has 0 aliphatic heterocycles. The second-order valence-corrected chi connectivity index (χ2v) is 7.25. The lowest BCUT2D eigenvalue weighted by molar-refractivity contribution is 0.238. The summed E-state index contributed by atoms with van der Waals surface area (Å²) in [5.74, 6) is 1.51. The fourth-order valence-corrected chi connectivity index (χ4v) is 3.48. The molecule has 8 heteroatoms. The molecule has 0 radical (unpaired) electrons.